The van der Waals surface area contributed by atoms with E-state index in [0.29, 0.717) is 12.1 Å². The van der Waals surface area contributed by atoms with Gasteiger partial charge in [0.05, 0.1) is 6.42 Å². The number of nitrogens with one attached hydrogen (secondary N) is 1. The van der Waals surface area contributed by atoms with E-state index in [1.807, 2.05) is 12.1 Å². The van der Waals surface area contributed by atoms with Crippen molar-refractivity contribution in [2.45, 2.75) is 58.5 Å². The second kappa shape index (κ2) is 12.0. The summed E-state index contributed by atoms with van der Waals surface area (Å²) in [4.78, 5) is 35.6. The van der Waals surface area contributed by atoms with Crippen LogP contribution in [0.1, 0.15) is 61.9 Å². The van der Waals surface area contributed by atoms with Gasteiger partial charge in [0.25, 0.3) is 5.91 Å². The topological polar surface area (TPSA) is 72.5 Å². The minimum Gasteiger partial charge on any atom is -0.453 e. The maximum atomic E-state index is 12.2. The van der Waals surface area contributed by atoms with E-state index in [1.54, 1.807) is 18.2 Å². The number of ether oxygens (including phenoxy) is 1. The van der Waals surface area contributed by atoms with Crippen molar-refractivity contribution in [2.75, 3.05) is 6.54 Å². The van der Waals surface area contributed by atoms with Crippen LogP contribution in [0.25, 0.3) is 0 Å². The van der Waals surface area contributed by atoms with Gasteiger partial charge >= 0.3 is 5.97 Å². The number of esters is 1. The Morgan fingerprint density at radius 2 is 1.85 bits per heavy atom. The molecule has 1 atom stereocenters. The van der Waals surface area contributed by atoms with Crippen LogP contribution in [-0.4, -0.2) is 30.3 Å². The number of benzene rings is 1. The molecule has 1 amide bonds. The van der Waals surface area contributed by atoms with E-state index in [1.165, 1.54) is 25.3 Å². The summed E-state index contributed by atoms with van der Waals surface area (Å²) < 4.78 is 5.03. The number of Topliss-reactive ketones (excluding diaryl/α,β-unsaturated/α-hetero) is 1. The van der Waals surface area contributed by atoms with Gasteiger partial charge in [-0.2, -0.15) is 0 Å². The summed E-state index contributed by atoms with van der Waals surface area (Å²) in [6, 6.07) is 7.54. The molecule has 0 saturated heterocycles. The zero-order valence-electron chi connectivity index (χ0n) is 15.8. The molecule has 26 heavy (non-hydrogen) atoms. The molecule has 1 aromatic rings. The van der Waals surface area contributed by atoms with E-state index >= 15 is 0 Å². The summed E-state index contributed by atoms with van der Waals surface area (Å²) in [6.07, 6.45) is 5.22. The van der Waals surface area contributed by atoms with Crippen molar-refractivity contribution < 1.29 is 19.1 Å². The van der Waals surface area contributed by atoms with Gasteiger partial charge in [0.1, 0.15) is 0 Å². The van der Waals surface area contributed by atoms with Gasteiger partial charge in [-0.05, 0) is 25.3 Å². The Morgan fingerprint density at radius 1 is 1.15 bits per heavy atom. The lowest BCUT2D eigenvalue weighted by atomic mass is 10.0. The van der Waals surface area contributed by atoms with Gasteiger partial charge in [-0.1, -0.05) is 50.1 Å². The average Bonchev–Trinajstić information content (AvgIpc) is 2.64. The fourth-order valence-corrected chi connectivity index (χ4v) is 2.42. The third-order valence-corrected chi connectivity index (χ3v) is 4.00. The van der Waals surface area contributed by atoms with Crippen LogP contribution >= 0.6 is 0 Å². The number of hydrogen-bond donors (Lipinski definition) is 1. The standard InChI is InChI=1S/C21H29NO4/c1-4-6-7-8-17-9-11-18(12-10-17)19(23)13-14-20(24)26-16(3)21(25)22-15-5-2/h5,9-12,16H,2,4,6-8,13-15H2,1,3H3,(H,22,25). The first-order chi connectivity index (χ1) is 12.5. The molecule has 0 spiro atoms. The van der Waals surface area contributed by atoms with Crippen molar-refractivity contribution in [1.82, 2.24) is 5.32 Å². The zero-order valence-corrected chi connectivity index (χ0v) is 15.8. The SMILES string of the molecule is C=CCNC(=O)C(C)OC(=O)CCC(=O)c1ccc(CCCCC)cc1. The van der Waals surface area contributed by atoms with Gasteiger partial charge in [0.2, 0.25) is 0 Å². The van der Waals surface area contributed by atoms with Crippen LogP contribution in [0.2, 0.25) is 0 Å². The van der Waals surface area contributed by atoms with Crippen LogP contribution in [0.4, 0.5) is 0 Å². The quantitative estimate of drug-likeness (QED) is 0.268. The maximum absolute atomic E-state index is 12.2. The molecule has 0 fully saturated rings. The van der Waals surface area contributed by atoms with Gasteiger partial charge in [-0.15, -0.1) is 6.58 Å². The molecule has 5 nitrogen and oxygen atoms in total. The Labute approximate surface area is 155 Å². The van der Waals surface area contributed by atoms with Gasteiger partial charge in [-0.3, -0.25) is 14.4 Å². The van der Waals surface area contributed by atoms with Crippen molar-refractivity contribution >= 4 is 17.7 Å². The summed E-state index contributed by atoms with van der Waals surface area (Å²) in [6.45, 7) is 7.47. The first-order valence-electron chi connectivity index (χ1n) is 9.18. The minimum atomic E-state index is -0.889. The van der Waals surface area contributed by atoms with E-state index in [-0.39, 0.29) is 24.5 Å². The number of ketones is 1. The van der Waals surface area contributed by atoms with Crippen LogP contribution in [0.15, 0.2) is 36.9 Å². The number of carbonyl (C=O) groups excluding carboxylic acids is 3. The summed E-state index contributed by atoms with van der Waals surface area (Å²) in [5, 5.41) is 2.55. The maximum Gasteiger partial charge on any atom is 0.307 e. The van der Waals surface area contributed by atoms with E-state index in [2.05, 4.69) is 18.8 Å². The molecule has 1 aromatic carbocycles. The average molecular weight is 359 g/mol. The molecule has 0 aliphatic rings. The number of rotatable bonds is 12. The molecule has 1 rings (SSSR count). The summed E-state index contributed by atoms with van der Waals surface area (Å²) in [5.74, 6) is -1.05. The monoisotopic (exact) mass is 359 g/mol. The minimum absolute atomic E-state index is 0.0455. The van der Waals surface area contributed by atoms with E-state index in [9.17, 15) is 14.4 Å². The zero-order chi connectivity index (χ0) is 19.4. The predicted octanol–water partition coefficient (Wildman–Crippen LogP) is 3.62. The number of aryl methyl sites for hydroxylation is 1. The molecule has 0 heterocycles. The molecule has 0 aliphatic carbocycles. The van der Waals surface area contributed by atoms with Crippen molar-refractivity contribution in [3.63, 3.8) is 0 Å². The first kappa shape index (κ1) is 21.6. The molecule has 0 bridgehead atoms. The fourth-order valence-electron chi connectivity index (χ4n) is 2.42. The molecule has 0 saturated carbocycles. The van der Waals surface area contributed by atoms with Crippen LogP contribution in [-0.2, 0) is 20.7 Å². The highest BCUT2D eigenvalue weighted by Gasteiger charge is 2.18. The third kappa shape index (κ3) is 8.10. The summed E-state index contributed by atoms with van der Waals surface area (Å²) >= 11 is 0. The van der Waals surface area contributed by atoms with Crippen LogP contribution in [0.5, 0.6) is 0 Å². The second-order valence-electron chi connectivity index (χ2n) is 6.24. The van der Waals surface area contributed by atoms with Gasteiger partial charge in [0.15, 0.2) is 11.9 Å². The number of hydrogen-bond acceptors (Lipinski definition) is 4. The Hall–Kier alpha value is -2.43. The van der Waals surface area contributed by atoms with Crippen molar-refractivity contribution in [2.24, 2.45) is 0 Å². The number of carbonyl (C=O) groups is 3. The molecule has 5 heteroatoms. The normalized spacial score (nSPS) is 11.5. The van der Waals surface area contributed by atoms with Gasteiger partial charge in [-0.25, -0.2) is 0 Å². The highest BCUT2D eigenvalue weighted by Crippen LogP contribution is 2.12. The highest BCUT2D eigenvalue weighted by molar-refractivity contribution is 5.97. The Balaban J connectivity index is 2.39. The molecular weight excluding hydrogens is 330 g/mol. The van der Waals surface area contributed by atoms with Crippen LogP contribution in [0, 0.1) is 0 Å². The molecule has 142 valence electrons. The van der Waals surface area contributed by atoms with E-state index in [4.69, 9.17) is 4.74 Å². The molecule has 0 aromatic heterocycles. The smallest absolute Gasteiger partial charge is 0.307 e. The highest BCUT2D eigenvalue weighted by atomic mass is 16.5. The number of amides is 1. The predicted molar refractivity (Wildman–Crippen MR) is 102 cm³/mol. The van der Waals surface area contributed by atoms with Crippen molar-refractivity contribution in [1.29, 1.82) is 0 Å². The van der Waals surface area contributed by atoms with E-state index < -0.39 is 12.1 Å². The second-order valence-corrected chi connectivity index (χ2v) is 6.24. The Morgan fingerprint density at radius 3 is 2.46 bits per heavy atom. The molecule has 0 aliphatic heterocycles. The third-order valence-electron chi connectivity index (χ3n) is 4.00. The van der Waals surface area contributed by atoms with Crippen LogP contribution < -0.4 is 5.32 Å². The Kier molecular flexibility index (Phi) is 9.98. The molecule has 0 radical (unpaired) electrons. The molecular formula is C21H29NO4. The summed E-state index contributed by atoms with van der Waals surface area (Å²) in [7, 11) is 0. The molecule has 1 unspecified atom stereocenters. The molecule has 1 N–H and O–H groups in total. The van der Waals surface area contributed by atoms with Gasteiger partial charge in [0, 0.05) is 18.5 Å². The fraction of sp³-hybridized carbons (Fsp3) is 0.476. The largest absolute Gasteiger partial charge is 0.453 e. The lowest BCUT2D eigenvalue weighted by molar-refractivity contribution is -0.154. The van der Waals surface area contributed by atoms with Crippen molar-refractivity contribution in [3.05, 3.63) is 48.0 Å². The lowest BCUT2D eigenvalue weighted by Crippen LogP contribution is -2.35. The lowest BCUT2D eigenvalue weighted by Gasteiger charge is -2.12. The first-order valence-corrected chi connectivity index (χ1v) is 9.18. The Bertz CT molecular complexity index is 607. The van der Waals surface area contributed by atoms with Crippen LogP contribution in [0.3, 0.4) is 0 Å². The summed E-state index contributed by atoms with van der Waals surface area (Å²) in [5.41, 5.74) is 1.81. The van der Waals surface area contributed by atoms with Gasteiger partial charge < -0.3 is 10.1 Å². The van der Waals surface area contributed by atoms with E-state index in [0.717, 1.165) is 12.8 Å². The van der Waals surface area contributed by atoms with Crippen molar-refractivity contribution in [3.8, 4) is 0 Å². The number of unbranched alkanes of at least 4 members (excludes halogenated alkanes) is 2.